The molecule has 0 fully saturated rings. The number of nitrogens with zero attached hydrogens (tertiary/aromatic N) is 3. The van der Waals surface area contributed by atoms with Crippen molar-refractivity contribution in [3.8, 4) is 11.5 Å². The van der Waals surface area contributed by atoms with Crippen LogP contribution in [-0.2, 0) is 0 Å². The molecule has 0 amide bonds. The van der Waals surface area contributed by atoms with Gasteiger partial charge in [0.15, 0.2) is 11.5 Å². The number of para-hydroxylation sites is 3. The molecule has 4 aromatic rings. The van der Waals surface area contributed by atoms with Crippen LogP contribution < -0.4 is 14.8 Å². The smallest absolute Gasteiger partial charge is 0.270 e. The van der Waals surface area contributed by atoms with Crippen LogP contribution >= 0.6 is 0 Å². The predicted octanol–water partition coefficient (Wildman–Crippen LogP) is 5.02. The van der Waals surface area contributed by atoms with E-state index in [4.69, 9.17) is 14.5 Å². The van der Waals surface area contributed by atoms with Gasteiger partial charge in [0.1, 0.15) is 0 Å². The second-order valence-corrected chi connectivity index (χ2v) is 7.33. The first-order valence-electron chi connectivity index (χ1n) is 10.0. The highest BCUT2D eigenvalue weighted by molar-refractivity contribution is 5.86. The molecular formula is C24H20N4O4. The zero-order valence-corrected chi connectivity index (χ0v) is 17.5. The SMILES string of the molecule is COc1cccc(C2C=C(c3cccc([N+](=O)[O-])c3)Nc3nc4ccccc4n32)c1OC. The lowest BCUT2D eigenvalue weighted by molar-refractivity contribution is -0.384. The number of methoxy groups -OCH3 is 2. The van der Waals surface area contributed by atoms with Gasteiger partial charge in [0.2, 0.25) is 5.95 Å². The molecule has 1 aliphatic rings. The van der Waals surface area contributed by atoms with Crippen LogP contribution in [0.4, 0.5) is 11.6 Å². The Kier molecular flexibility index (Phi) is 4.74. The molecule has 0 bridgehead atoms. The number of fused-ring (bicyclic) bond motifs is 3. The number of nitrogens with one attached hydrogen (secondary N) is 1. The molecule has 0 spiro atoms. The first kappa shape index (κ1) is 19.6. The summed E-state index contributed by atoms with van der Waals surface area (Å²) in [6.45, 7) is 0. The van der Waals surface area contributed by atoms with Crippen molar-refractivity contribution in [2.45, 2.75) is 6.04 Å². The van der Waals surface area contributed by atoms with Crippen LogP contribution in [0.15, 0.2) is 72.8 Å². The summed E-state index contributed by atoms with van der Waals surface area (Å²) in [5.41, 5.74) is 4.14. The lowest BCUT2D eigenvalue weighted by Gasteiger charge is -2.28. The van der Waals surface area contributed by atoms with Gasteiger partial charge in [-0.25, -0.2) is 4.98 Å². The van der Waals surface area contributed by atoms with Gasteiger partial charge in [0.05, 0.1) is 36.2 Å². The van der Waals surface area contributed by atoms with Crippen molar-refractivity contribution >= 4 is 28.4 Å². The van der Waals surface area contributed by atoms with E-state index >= 15 is 0 Å². The maximum absolute atomic E-state index is 11.3. The maximum Gasteiger partial charge on any atom is 0.270 e. The number of non-ortho nitro benzene ring substituents is 1. The number of rotatable bonds is 5. The topological polar surface area (TPSA) is 91.5 Å². The highest BCUT2D eigenvalue weighted by Crippen LogP contribution is 2.43. The third-order valence-electron chi connectivity index (χ3n) is 5.57. The van der Waals surface area contributed by atoms with E-state index in [0.29, 0.717) is 23.0 Å². The molecule has 1 unspecified atom stereocenters. The first-order valence-corrected chi connectivity index (χ1v) is 10.0. The van der Waals surface area contributed by atoms with Crippen molar-refractivity contribution < 1.29 is 14.4 Å². The standard InChI is InChI=1S/C24H20N4O4/c1-31-22-12-6-9-17(23(22)32-2)21-14-19(15-7-5-8-16(13-15)28(29)30)26-24-25-18-10-3-4-11-20(18)27(21)24/h3-14,21H,1-2H3,(H,25,26). The summed E-state index contributed by atoms with van der Waals surface area (Å²) in [6.07, 6.45) is 2.03. The summed E-state index contributed by atoms with van der Waals surface area (Å²) >= 11 is 0. The molecule has 0 radical (unpaired) electrons. The molecule has 8 nitrogen and oxygen atoms in total. The summed E-state index contributed by atoms with van der Waals surface area (Å²) in [5.74, 6) is 1.89. The van der Waals surface area contributed by atoms with Gasteiger partial charge < -0.3 is 14.8 Å². The van der Waals surface area contributed by atoms with E-state index in [-0.39, 0.29) is 11.7 Å². The molecule has 1 atom stereocenters. The monoisotopic (exact) mass is 428 g/mol. The molecule has 1 aromatic heterocycles. The summed E-state index contributed by atoms with van der Waals surface area (Å²) < 4.78 is 13.3. The summed E-state index contributed by atoms with van der Waals surface area (Å²) in [5, 5.41) is 14.7. The summed E-state index contributed by atoms with van der Waals surface area (Å²) in [4.78, 5) is 15.7. The first-order chi connectivity index (χ1) is 15.6. The number of aromatic nitrogens is 2. The minimum Gasteiger partial charge on any atom is -0.493 e. The minimum absolute atomic E-state index is 0.0276. The van der Waals surface area contributed by atoms with Crippen LogP contribution in [0.25, 0.3) is 16.7 Å². The molecule has 5 rings (SSSR count). The average Bonchev–Trinajstić information content (AvgIpc) is 3.21. The van der Waals surface area contributed by atoms with E-state index in [9.17, 15) is 10.1 Å². The second kappa shape index (κ2) is 7.73. The molecule has 1 N–H and O–H groups in total. The van der Waals surface area contributed by atoms with Gasteiger partial charge in [-0.15, -0.1) is 0 Å². The Balaban J connectivity index is 1.75. The van der Waals surface area contributed by atoms with E-state index in [1.165, 1.54) is 6.07 Å². The molecule has 8 heteroatoms. The van der Waals surface area contributed by atoms with E-state index in [2.05, 4.69) is 9.88 Å². The number of hydrogen-bond acceptors (Lipinski definition) is 6. The lowest BCUT2D eigenvalue weighted by atomic mass is 9.99. The van der Waals surface area contributed by atoms with Crippen molar-refractivity contribution in [3.05, 3.63) is 94.0 Å². The van der Waals surface area contributed by atoms with Crippen LogP contribution in [0, 0.1) is 10.1 Å². The van der Waals surface area contributed by atoms with Crippen LogP contribution in [0.1, 0.15) is 17.2 Å². The summed E-state index contributed by atoms with van der Waals surface area (Å²) in [6, 6.07) is 19.9. The molecular weight excluding hydrogens is 408 g/mol. The van der Waals surface area contributed by atoms with Gasteiger partial charge in [-0.05, 0) is 24.3 Å². The Morgan fingerprint density at radius 3 is 2.62 bits per heavy atom. The van der Waals surface area contributed by atoms with Gasteiger partial charge in [0, 0.05) is 29.0 Å². The van der Waals surface area contributed by atoms with Crippen LogP contribution in [-0.4, -0.2) is 28.7 Å². The van der Waals surface area contributed by atoms with Gasteiger partial charge in [-0.2, -0.15) is 0 Å². The molecule has 0 saturated carbocycles. The fourth-order valence-corrected chi connectivity index (χ4v) is 4.14. The second-order valence-electron chi connectivity index (χ2n) is 7.33. The molecule has 32 heavy (non-hydrogen) atoms. The van der Waals surface area contributed by atoms with Crippen LogP contribution in [0.3, 0.4) is 0 Å². The predicted molar refractivity (Wildman–Crippen MR) is 122 cm³/mol. The van der Waals surface area contributed by atoms with Crippen molar-refractivity contribution in [2.24, 2.45) is 0 Å². The average molecular weight is 428 g/mol. The van der Waals surface area contributed by atoms with Gasteiger partial charge in [-0.1, -0.05) is 36.4 Å². The highest BCUT2D eigenvalue weighted by atomic mass is 16.6. The lowest BCUT2D eigenvalue weighted by Crippen LogP contribution is -2.19. The fraction of sp³-hybridized carbons (Fsp3) is 0.125. The third kappa shape index (κ3) is 3.13. The Morgan fingerprint density at radius 2 is 1.84 bits per heavy atom. The Labute approximate surface area is 183 Å². The molecule has 160 valence electrons. The number of nitro benzene ring substituents is 1. The number of nitro groups is 1. The number of allylic oxidation sites excluding steroid dienone is 1. The van der Waals surface area contributed by atoms with Crippen molar-refractivity contribution in [3.63, 3.8) is 0 Å². The van der Waals surface area contributed by atoms with Crippen molar-refractivity contribution in [2.75, 3.05) is 19.5 Å². The number of ether oxygens (including phenoxy) is 2. The number of hydrogen-bond donors (Lipinski definition) is 1. The van der Waals surface area contributed by atoms with Crippen molar-refractivity contribution in [1.29, 1.82) is 0 Å². The van der Waals surface area contributed by atoms with E-state index in [0.717, 1.165) is 22.3 Å². The fourth-order valence-electron chi connectivity index (χ4n) is 4.14. The van der Waals surface area contributed by atoms with E-state index in [1.807, 2.05) is 54.6 Å². The van der Waals surface area contributed by atoms with Gasteiger partial charge >= 0.3 is 0 Å². The molecule has 3 aromatic carbocycles. The quantitative estimate of drug-likeness (QED) is 0.355. The summed E-state index contributed by atoms with van der Waals surface area (Å²) in [7, 11) is 3.22. The van der Waals surface area contributed by atoms with E-state index in [1.54, 1.807) is 26.4 Å². The van der Waals surface area contributed by atoms with Gasteiger partial charge in [-0.3, -0.25) is 14.7 Å². The zero-order chi connectivity index (χ0) is 22.2. The molecule has 2 heterocycles. The number of imidazole rings is 1. The maximum atomic E-state index is 11.3. The van der Waals surface area contributed by atoms with Gasteiger partial charge in [0.25, 0.3) is 5.69 Å². The van der Waals surface area contributed by atoms with Crippen LogP contribution in [0.5, 0.6) is 11.5 Å². The zero-order valence-electron chi connectivity index (χ0n) is 17.5. The Bertz CT molecular complexity index is 1380. The molecule has 0 aliphatic carbocycles. The molecule has 0 saturated heterocycles. The normalized spacial score (nSPS) is 14.9. The largest absolute Gasteiger partial charge is 0.493 e. The highest BCUT2D eigenvalue weighted by Gasteiger charge is 2.28. The number of benzene rings is 3. The third-order valence-corrected chi connectivity index (χ3v) is 5.57. The van der Waals surface area contributed by atoms with Crippen LogP contribution in [0.2, 0.25) is 0 Å². The Hall–Kier alpha value is -4.33. The van der Waals surface area contributed by atoms with Crippen molar-refractivity contribution in [1.82, 2.24) is 9.55 Å². The number of anilines is 1. The van der Waals surface area contributed by atoms with E-state index < -0.39 is 4.92 Å². The Morgan fingerprint density at radius 1 is 1.03 bits per heavy atom. The molecule has 1 aliphatic heterocycles. The minimum atomic E-state index is -0.398.